The zero-order valence-electron chi connectivity index (χ0n) is 17.5. The molecule has 6 heteroatoms. The van der Waals surface area contributed by atoms with Gasteiger partial charge in [0.1, 0.15) is 0 Å². The summed E-state index contributed by atoms with van der Waals surface area (Å²) in [5.74, 6) is -0.109. The number of thioether (sulfide) groups is 1. The first-order valence-electron chi connectivity index (χ1n) is 9.87. The number of benzene rings is 2. The van der Waals surface area contributed by atoms with E-state index in [1.165, 1.54) is 11.8 Å². The van der Waals surface area contributed by atoms with Crippen molar-refractivity contribution in [1.29, 1.82) is 0 Å². The van der Waals surface area contributed by atoms with E-state index in [0.717, 1.165) is 23.2 Å². The number of carbonyl (C=O) groups is 1. The third-order valence-corrected chi connectivity index (χ3v) is 6.18. The fourth-order valence-electron chi connectivity index (χ4n) is 3.10. The van der Waals surface area contributed by atoms with Crippen molar-refractivity contribution < 1.29 is 4.79 Å². The molecule has 5 nitrogen and oxygen atoms in total. The van der Waals surface area contributed by atoms with E-state index < -0.39 is 5.25 Å². The molecule has 29 heavy (non-hydrogen) atoms. The van der Waals surface area contributed by atoms with E-state index in [9.17, 15) is 9.59 Å². The molecule has 0 saturated heterocycles. The maximum atomic E-state index is 13.1. The van der Waals surface area contributed by atoms with Gasteiger partial charge in [0.05, 0.1) is 16.2 Å². The second-order valence-corrected chi connectivity index (χ2v) is 8.72. The largest absolute Gasteiger partial charge is 0.325 e. The van der Waals surface area contributed by atoms with Crippen LogP contribution in [-0.4, -0.2) is 20.7 Å². The minimum atomic E-state index is -0.404. The second kappa shape index (κ2) is 8.82. The summed E-state index contributed by atoms with van der Waals surface area (Å²) < 4.78 is 1.72. The maximum absolute atomic E-state index is 13.1. The molecule has 3 rings (SSSR count). The maximum Gasteiger partial charge on any atom is 0.262 e. The summed E-state index contributed by atoms with van der Waals surface area (Å²) in [6.07, 6.45) is 0.802. The highest BCUT2D eigenvalue weighted by molar-refractivity contribution is 8.00. The van der Waals surface area contributed by atoms with Gasteiger partial charge in [-0.3, -0.25) is 14.2 Å². The highest BCUT2D eigenvalue weighted by atomic mass is 32.2. The number of amides is 1. The van der Waals surface area contributed by atoms with E-state index in [0.29, 0.717) is 16.1 Å². The van der Waals surface area contributed by atoms with Crippen LogP contribution in [0.15, 0.2) is 52.4 Å². The molecule has 0 bridgehead atoms. The van der Waals surface area contributed by atoms with Crippen LogP contribution in [0, 0.1) is 13.8 Å². The summed E-state index contributed by atoms with van der Waals surface area (Å²) in [4.78, 5) is 30.6. The van der Waals surface area contributed by atoms with E-state index in [1.54, 1.807) is 10.6 Å². The number of aryl methyl sites for hydroxylation is 2. The Labute approximate surface area is 175 Å². The van der Waals surface area contributed by atoms with E-state index in [-0.39, 0.29) is 17.5 Å². The molecule has 0 aliphatic heterocycles. The molecule has 0 unspecified atom stereocenters. The number of fused-ring (bicyclic) bond motifs is 1. The number of para-hydroxylation sites is 1. The van der Waals surface area contributed by atoms with Gasteiger partial charge in [-0.25, -0.2) is 4.98 Å². The van der Waals surface area contributed by atoms with Crippen molar-refractivity contribution in [2.24, 2.45) is 0 Å². The van der Waals surface area contributed by atoms with Crippen LogP contribution in [0.3, 0.4) is 0 Å². The van der Waals surface area contributed by atoms with Gasteiger partial charge in [-0.2, -0.15) is 0 Å². The lowest BCUT2D eigenvalue weighted by Crippen LogP contribution is -2.28. The molecule has 1 amide bonds. The lowest BCUT2D eigenvalue weighted by atomic mass is 10.1. The molecule has 0 aliphatic carbocycles. The summed E-state index contributed by atoms with van der Waals surface area (Å²) in [6.45, 7) is 9.85. The number of rotatable bonds is 6. The first kappa shape index (κ1) is 21.1. The quantitative estimate of drug-likeness (QED) is 0.454. The predicted molar refractivity (Wildman–Crippen MR) is 121 cm³/mol. The fourth-order valence-corrected chi connectivity index (χ4v) is 4.11. The number of nitrogens with zero attached hydrogens (tertiary/aromatic N) is 2. The molecule has 2 aromatic carbocycles. The monoisotopic (exact) mass is 409 g/mol. The Morgan fingerprint density at radius 3 is 2.62 bits per heavy atom. The van der Waals surface area contributed by atoms with Crippen LogP contribution >= 0.6 is 11.8 Å². The van der Waals surface area contributed by atoms with Crippen molar-refractivity contribution in [2.45, 2.75) is 57.5 Å². The summed E-state index contributed by atoms with van der Waals surface area (Å²) in [5, 5.41) is 3.78. The van der Waals surface area contributed by atoms with Gasteiger partial charge in [-0.15, -0.1) is 0 Å². The minimum Gasteiger partial charge on any atom is -0.325 e. The Morgan fingerprint density at radius 1 is 1.17 bits per heavy atom. The molecule has 1 aromatic heterocycles. The number of hydrogen-bond donors (Lipinski definition) is 1. The zero-order chi connectivity index (χ0) is 21.1. The summed E-state index contributed by atoms with van der Waals surface area (Å²) in [7, 11) is 0. The first-order valence-corrected chi connectivity index (χ1v) is 10.8. The van der Waals surface area contributed by atoms with Crippen LogP contribution in [-0.2, 0) is 4.79 Å². The Hall–Kier alpha value is -2.60. The normalized spacial score (nSPS) is 13.3. The SMILES string of the molecule is CC[C@@H](C)n1c(S[C@@H](C)C(=O)Nc2cc(C)ccc2C)nc2ccccc2c1=O. The van der Waals surface area contributed by atoms with Crippen LogP contribution < -0.4 is 10.9 Å². The molecule has 0 saturated carbocycles. The lowest BCUT2D eigenvalue weighted by Gasteiger charge is -2.20. The van der Waals surface area contributed by atoms with E-state index in [2.05, 4.69) is 5.32 Å². The van der Waals surface area contributed by atoms with Crippen LogP contribution in [0.25, 0.3) is 10.9 Å². The van der Waals surface area contributed by atoms with Gasteiger partial charge in [0.15, 0.2) is 5.16 Å². The summed E-state index contributed by atoms with van der Waals surface area (Å²) in [5.41, 5.74) is 3.51. The van der Waals surface area contributed by atoms with Crippen LogP contribution in [0.4, 0.5) is 5.69 Å². The number of nitrogens with one attached hydrogen (secondary N) is 1. The number of carbonyl (C=O) groups excluding carboxylic acids is 1. The standard InChI is InChI=1S/C23H27N3O2S/c1-6-16(4)26-22(28)18-9-7-8-10-19(18)25-23(26)29-17(5)21(27)24-20-13-14(2)11-12-15(20)3/h7-13,16-17H,6H2,1-5H3,(H,24,27)/t16-,17+/m1/s1. The van der Waals surface area contributed by atoms with Gasteiger partial charge in [0.25, 0.3) is 5.56 Å². The Morgan fingerprint density at radius 2 is 1.90 bits per heavy atom. The van der Waals surface area contributed by atoms with Gasteiger partial charge in [0.2, 0.25) is 5.91 Å². The molecular formula is C23H27N3O2S. The fraction of sp³-hybridized carbons (Fsp3) is 0.348. The van der Waals surface area contributed by atoms with E-state index >= 15 is 0 Å². The third-order valence-electron chi connectivity index (χ3n) is 5.11. The van der Waals surface area contributed by atoms with Crippen LogP contribution in [0.5, 0.6) is 0 Å². The summed E-state index contributed by atoms with van der Waals surface area (Å²) >= 11 is 1.32. The third kappa shape index (κ3) is 4.53. The molecule has 0 spiro atoms. The molecule has 152 valence electrons. The highest BCUT2D eigenvalue weighted by Crippen LogP contribution is 2.27. The van der Waals surface area contributed by atoms with Crippen molar-refractivity contribution in [3.63, 3.8) is 0 Å². The molecule has 2 atom stereocenters. The van der Waals surface area contributed by atoms with Crippen LogP contribution in [0.2, 0.25) is 0 Å². The smallest absolute Gasteiger partial charge is 0.262 e. The Balaban J connectivity index is 1.93. The number of hydrogen-bond acceptors (Lipinski definition) is 4. The van der Waals surface area contributed by atoms with E-state index in [4.69, 9.17) is 4.98 Å². The average molecular weight is 410 g/mol. The Bertz CT molecular complexity index is 1110. The molecule has 0 radical (unpaired) electrons. The van der Waals surface area contributed by atoms with Gasteiger partial charge in [0, 0.05) is 11.7 Å². The number of anilines is 1. The first-order chi connectivity index (χ1) is 13.8. The molecule has 1 heterocycles. The van der Waals surface area contributed by atoms with Crippen LogP contribution in [0.1, 0.15) is 44.4 Å². The van der Waals surface area contributed by atoms with Crippen molar-refractivity contribution in [2.75, 3.05) is 5.32 Å². The van der Waals surface area contributed by atoms with Crippen molar-refractivity contribution in [3.05, 3.63) is 63.9 Å². The predicted octanol–water partition coefficient (Wildman–Crippen LogP) is 5.10. The van der Waals surface area contributed by atoms with Crippen molar-refractivity contribution >= 4 is 34.3 Å². The van der Waals surface area contributed by atoms with Crippen molar-refractivity contribution in [3.8, 4) is 0 Å². The second-order valence-electron chi connectivity index (χ2n) is 7.41. The number of aromatic nitrogens is 2. The molecular weight excluding hydrogens is 382 g/mol. The topological polar surface area (TPSA) is 64.0 Å². The van der Waals surface area contributed by atoms with Gasteiger partial charge in [-0.1, -0.05) is 43.0 Å². The minimum absolute atomic E-state index is 0.00335. The zero-order valence-corrected chi connectivity index (χ0v) is 18.3. The Kier molecular flexibility index (Phi) is 6.42. The van der Waals surface area contributed by atoms with Gasteiger partial charge in [-0.05, 0) is 63.4 Å². The molecule has 3 aromatic rings. The lowest BCUT2D eigenvalue weighted by molar-refractivity contribution is -0.115. The molecule has 0 aliphatic rings. The summed E-state index contributed by atoms with van der Waals surface area (Å²) in [6, 6.07) is 13.3. The van der Waals surface area contributed by atoms with Crippen molar-refractivity contribution in [1.82, 2.24) is 9.55 Å². The van der Waals surface area contributed by atoms with Gasteiger partial charge < -0.3 is 5.32 Å². The highest BCUT2D eigenvalue weighted by Gasteiger charge is 2.21. The average Bonchev–Trinajstić information content (AvgIpc) is 2.70. The molecule has 0 fully saturated rings. The van der Waals surface area contributed by atoms with E-state index in [1.807, 2.05) is 71.0 Å². The molecule has 1 N–H and O–H groups in total. The van der Waals surface area contributed by atoms with Gasteiger partial charge >= 0.3 is 0 Å².